The van der Waals surface area contributed by atoms with Crippen molar-refractivity contribution in [2.75, 3.05) is 30.2 Å². The second-order valence-corrected chi connectivity index (χ2v) is 2.51. The first-order valence-electron chi connectivity index (χ1n) is 3.42. The highest BCUT2D eigenvalue weighted by Crippen LogP contribution is 2.12. The highest BCUT2D eigenvalue weighted by Gasteiger charge is 2.01. The maximum atomic E-state index is 5.43. The van der Waals surface area contributed by atoms with Gasteiger partial charge in [-0.1, -0.05) is 0 Å². The molecule has 0 atom stereocenters. The Labute approximate surface area is 70.6 Å². The fraction of sp³-hybridized carbons (Fsp3) is 0.333. The fourth-order valence-electron chi connectivity index (χ4n) is 0.756. The van der Waals surface area contributed by atoms with Gasteiger partial charge >= 0.3 is 0 Å². The number of nitrogens with zero attached hydrogens (tertiary/aromatic N) is 3. The zero-order valence-corrected chi connectivity index (χ0v) is 7.07. The summed E-state index contributed by atoms with van der Waals surface area (Å²) >= 11 is 0. The molecule has 0 unspecified atom stereocenters. The van der Waals surface area contributed by atoms with Crippen LogP contribution in [0.3, 0.4) is 0 Å². The molecule has 1 heterocycles. The third kappa shape index (κ3) is 1.73. The van der Waals surface area contributed by atoms with Crippen LogP contribution in [-0.2, 0) is 0 Å². The molecule has 0 spiro atoms. The predicted octanol–water partition coefficient (Wildman–Crippen LogP) is -0.590. The second kappa shape index (κ2) is 3.22. The number of nitrogen functional groups attached to an aromatic ring is 2. The molecule has 0 saturated carbocycles. The molecule has 0 radical (unpaired) electrons. The minimum atomic E-state index is 0.203. The minimum Gasteiger partial charge on any atom is -0.368 e. The first-order valence-corrected chi connectivity index (χ1v) is 3.42. The average Bonchev–Trinajstić information content (AvgIpc) is 2.03. The van der Waals surface area contributed by atoms with Crippen molar-refractivity contribution in [3.8, 4) is 0 Å². The molecule has 0 aliphatic carbocycles. The van der Waals surface area contributed by atoms with E-state index >= 15 is 0 Å². The number of nitrogens with one attached hydrogen (secondary N) is 1. The van der Waals surface area contributed by atoms with Gasteiger partial charge in [-0.3, -0.25) is 0 Å². The SMILES string of the molecule is CN(C)c1cc(NN)nc(N)n1. The molecule has 0 aliphatic rings. The topological polar surface area (TPSA) is 93.1 Å². The normalized spacial score (nSPS) is 9.58. The average molecular weight is 168 g/mol. The van der Waals surface area contributed by atoms with Crippen LogP contribution in [0.4, 0.5) is 17.6 Å². The lowest BCUT2D eigenvalue weighted by Gasteiger charge is -2.12. The maximum absolute atomic E-state index is 5.43. The van der Waals surface area contributed by atoms with Crippen molar-refractivity contribution < 1.29 is 0 Å². The fourth-order valence-corrected chi connectivity index (χ4v) is 0.756. The Balaban J connectivity index is 3.06. The maximum Gasteiger partial charge on any atom is 0.223 e. The minimum absolute atomic E-state index is 0.203. The van der Waals surface area contributed by atoms with Crippen LogP contribution >= 0.6 is 0 Å². The van der Waals surface area contributed by atoms with E-state index in [9.17, 15) is 0 Å². The van der Waals surface area contributed by atoms with Gasteiger partial charge in [-0.15, -0.1) is 0 Å². The lowest BCUT2D eigenvalue weighted by atomic mass is 10.5. The smallest absolute Gasteiger partial charge is 0.223 e. The first-order chi connectivity index (χ1) is 5.63. The van der Waals surface area contributed by atoms with Gasteiger partial charge in [-0.25, -0.2) is 5.84 Å². The largest absolute Gasteiger partial charge is 0.368 e. The van der Waals surface area contributed by atoms with E-state index in [2.05, 4.69) is 15.4 Å². The lowest BCUT2D eigenvalue weighted by molar-refractivity contribution is 1.04. The predicted molar refractivity (Wildman–Crippen MR) is 48.6 cm³/mol. The number of hydrogen-bond acceptors (Lipinski definition) is 6. The van der Waals surface area contributed by atoms with Crippen molar-refractivity contribution in [2.45, 2.75) is 0 Å². The number of anilines is 3. The first kappa shape index (κ1) is 8.54. The Morgan fingerprint density at radius 1 is 1.42 bits per heavy atom. The van der Waals surface area contributed by atoms with Crippen LogP contribution in [0.25, 0.3) is 0 Å². The van der Waals surface area contributed by atoms with Gasteiger partial charge in [0.25, 0.3) is 0 Å². The van der Waals surface area contributed by atoms with Gasteiger partial charge < -0.3 is 16.1 Å². The van der Waals surface area contributed by atoms with E-state index in [4.69, 9.17) is 11.6 Å². The van der Waals surface area contributed by atoms with Gasteiger partial charge in [0.05, 0.1) is 0 Å². The van der Waals surface area contributed by atoms with Gasteiger partial charge in [0.15, 0.2) is 0 Å². The number of hydrazine groups is 1. The highest BCUT2D eigenvalue weighted by molar-refractivity contribution is 5.51. The molecule has 0 amide bonds. The summed E-state index contributed by atoms with van der Waals surface area (Å²) in [6.45, 7) is 0. The molecule has 0 bridgehead atoms. The van der Waals surface area contributed by atoms with E-state index in [0.29, 0.717) is 5.82 Å². The molecule has 6 nitrogen and oxygen atoms in total. The molecular weight excluding hydrogens is 156 g/mol. The summed E-state index contributed by atoms with van der Waals surface area (Å²) < 4.78 is 0. The van der Waals surface area contributed by atoms with Crippen molar-refractivity contribution in [1.29, 1.82) is 0 Å². The van der Waals surface area contributed by atoms with Crippen LogP contribution in [-0.4, -0.2) is 24.1 Å². The standard InChI is InChI=1S/C6H12N6/c1-12(2)5-3-4(11-8)9-6(7)10-5/h3H,8H2,1-2H3,(H3,7,9,10,11). The molecule has 1 aromatic heterocycles. The Hall–Kier alpha value is -1.56. The third-order valence-electron chi connectivity index (χ3n) is 1.34. The van der Waals surface area contributed by atoms with Gasteiger partial charge in [-0.2, -0.15) is 9.97 Å². The van der Waals surface area contributed by atoms with Crippen molar-refractivity contribution >= 4 is 17.6 Å². The second-order valence-electron chi connectivity index (χ2n) is 2.51. The summed E-state index contributed by atoms with van der Waals surface area (Å²) in [4.78, 5) is 9.64. The number of hydrogen-bond donors (Lipinski definition) is 3. The quantitative estimate of drug-likeness (QED) is 0.404. The van der Waals surface area contributed by atoms with Gasteiger partial charge in [0.1, 0.15) is 11.6 Å². The molecule has 0 aliphatic heterocycles. The molecule has 1 rings (SSSR count). The van der Waals surface area contributed by atoms with Crippen molar-refractivity contribution in [3.63, 3.8) is 0 Å². The monoisotopic (exact) mass is 168 g/mol. The van der Waals surface area contributed by atoms with E-state index in [1.807, 2.05) is 19.0 Å². The molecule has 1 aromatic rings. The summed E-state index contributed by atoms with van der Waals surface area (Å²) in [5, 5.41) is 0. The Morgan fingerprint density at radius 3 is 2.58 bits per heavy atom. The van der Waals surface area contributed by atoms with Crippen LogP contribution in [0.1, 0.15) is 0 Å². The Bertz CT molecular complexity index is 271. The van der Waals surface area contributed by atoms with Gasteiger partial charge in [0.2, 0.25) is 5.95 Å². The molecule has 0 aromatic carbocycles. The molecule has 12 heavy (non-hydrogen) atoms. The molecule has 66 valence electrons. The molecule has 6 heteroatoms. The summed E-state index contributed by atoms with van der Waals surface area (Å²) in [5.74, 6) is 6.60. The van der Waals surface area contributed by atoms with E-state index in [-0.39, 0.29) is 5.95 Å². The van der Waals surface area contributed by atoms with Crippen LogP contribution in [0.15, 0.2) is 6.07 Å². The summed E-state index contributed by atoms with van der Waals surface area (Å²) in [5.41, 5.74) is 7.83. The van der Waals surface area contributed by atoms with Gasteiger partial charge in [-0.05, 0) is 0 Å². The van der Waals surface area contributed by atoms with E-state index in [1.165, 1.54) is 0 Å². The van der Waals surface area contributed by atoms with Crippen LogP contribution in [0.2, 0.25) is 0 Å². The van der Waals surface area contributed by atoms with Crippen LogP contribution in [0, 0.1) is 0 Å². The lowest BCUT2D eigenvalue weighted by Crippen LogP contribution is -2.15. The molecule has 0 saturated heterocycles. The summed E-state index contributed by atoms with van der Waals surface area (Å²) in [6, 6.07) is 1.70. The molecule has 5 N–H and O–H groups in total. The molecular formula is C6H12N6. The molecule has 0 fully saturated rings. The zero-order valence-electron chi connectivity index (χ0n) is 7.07. The Morgan fingerprint density at radius 2 is 2.08 bits per heavy atom. The van der Waals surface area contributed by atoms with Gasteiger partial charge in [0, 0.05) is 20.2 Å². The highest BCUT2D eigenvalue weighted by atomic mass is 15.3. The van der Waals surface area contributed by atoms with E-state index < -0.39 is 0 Å². The van der Waals surface area contributed by atoms with Crippen LogP contribution in [0.5, 0.6) is 0 Å². The van der Waals surface area contributed by atoms with Crippen molar-refractivity contribution in [1.82, 2.24) is 9.97 Å². The number of rotatable bonds is 2. The Kier molecular flexibility index (Phi) is 2.29. The number of nitrogens with two attached hydrogens (primary N) is 2. The van der Waals surface area contributed by atoms with Crippen molar-refractivity contribution in [3.05, 3.63) is 6.07 Å². The summed E-state index contributed by atoms with van der Waals surface area (Å²) in [7, 11) is 3.73. The third-order valence-corrected chi connectivity index (χ3v) is 1.34. The van der Waals surface area contributed by atoms with E-state index in [0.717, 1.165) is 5.82 Å². The summed E-state index contributed by atoms with van der Waals surface area (Å²) in [6.07, 6.45) is 0. The van der Waals surface area contributed by atoms with Crippen molar-refractivity contribution in [2.24, 2.45) is 5.84 Å². The van der Waals surface area contributed by atoms with E-state index in [1.54, 1.807) is 6.07 Å². The zero-order chi connectivity index (χ0) is 9.14. The van der Waals surface area contributed by atoms with Crippen LogP contribution < -0.4 is 21.9 Å². The number of aromatic nitrogens is 2.